The van der Waals surface area contributed by atoms with Crippen molar-refractivity contribution < 1.29 is 14.3 Å². The fourth-order valence-electron chi connectivity index (χ4n) is 1.91. The molecule has 2 rings (SSSR count). The Balaban J connectivity index is 0.000000382. The summed E-state index contributed by atoms with van der Waals surface area (Å²) in [6, 6.07) is 7.35. The van der Waals surface area contributed by atoms with Gasteiger partial charge in [0.1, 0.15) is 12.9 Å². The molecule has 1 N–H and O–H groups in total. The minimum atomic E-state index is 0.00463. The van der Waals surface area contributed by atoms with Gasteiger partial charge in [0.2, 0.25) is 0 Å². The van der Waals surface area contributed by atoms with Crippen LogP contribution in [0.3, 0.4) is 0 Å². The van der Waals surface area contributed by atoms with Gasteiger partial charge in [-0.2, -0.15) is 0 Å². The molecule has 0 radical (unpaired) electrons. The normalized spacial score (nSPS) is 19.3. The molecule has 4 nitrogen and oxygen atoms in total. The lowest BCUT2D eigenvalue weighted by Crippen LogP contribution is -2.22. The Hall–Kier alpha value is -1.04. The van der Waals surface area contributed by atoms with Crippen molar-refractivity contribution in [1.82, 2.24) is 5.32 Å². The van der Waals surface area contributed by atoms with E-state index >= 15 is 0 Å². The second-order valence-corrected chi connectivity index (χ2v) is 5.77. The van der Waals surface area contributed by atoms with Gasteiger partial charge in [0.25, 0.3) is 0 Å². The first-order valence-corrected chi connectivity index (χ1v) is 8.32. The second-order valence-electron chi connectivity index (χ2n) is 4.85. The van der Waals surface area contributed by atoms with E-state index in [9.17, 15) is 9.59 Å². The summed E-state index contributed by atoms with van der Waals surface area (Å²) in [5.41, 5.74) is 0.681. The van der Waals surface area contributed by atoms with Crippen LogP contribution >= 0.6 is 15.9 Å². The number of rotatable bonds is 4. The highest BCUT2D eigenvalue weighted by Gasteiger charge is 2.18. The van der Waals surface area contributed by atoms with Crippen LogP contribution in [0.5, 0.6) is 0 Å². The van der Waals surface area contributed by atoms with Crippen molar-refractivity contribution in [2.75, 3.05) is 20.3 Å². The van der Waals surface area contributed by atoms with Gasteiger partial charge in [-0.1, -0.05) is 48.8 Å². The van der Waals surface area contributed by atoms with Gasteiger partial charge in [0.15, 0.2) is 5.78 Å². The molecule has 1 aliphatic rings. The van der Waals surface area contributed by atoms with Crippen molar-refractivity contribution >= 4 is 28.0 Å². The monoisotopic (exact) mass is 371 g/mol. The van der Waals surface area contributed by atoms with Crippen molar-refractivity contribution in [1.29, 1.82) is 0 Å². The van der Waals surface area contributed by atoms with Crippen molar-refractivity contribution in [2.24, 2.45) is 5.92 Å². The average molecular weight is 372 g/mol. The zero-order chi connectivity index (χ0) is 17.0. The maximum absolute atomic E-state index is 11.2. The number of hydrogen-bond acceptors (Lipinski definition) is 4. The van der Waals surface area contributed by atoms with E-state index in [0.717, 1.165) is 23.7 Å². The van der Waals surface area contributed by atoms with Crippen LogP contribution in [0.4, 0.5) is 0 Å². The van der Waals surface area contributed by atoms with Gasteiger partial charge in [0.05, 0.1) is 6.04 Å². The Bertz CT molecular complexity index is 434. The number of halogens is 1. The summed E-state index contributed by atoms with van der Waals surface area (Å²) in [5, 5.41) is 3.09. The molecular weight excluding hydrogens is 346 g/mol. The van der Waals surface area contributed by atoms with Crippen LogP contribution in [0.25, 0.3) is 0 Å². The predicted molar refractivity (Wildman–Crippen MR) is 93.3 cm³/mol. The number of methoxy groups -OCH3 is 1. The molecular formula is C17H26BrNO3. The molecule has 0 spiro atoms. The fraction of sp³-hybridized carbons (Fsp3) is 0.529. The molecule has 0 aliphatic carbocycles. The number of carbonyl (C=O) groups is 2. The Labute approximate surface area is 141 Å². The van der Waals surface area contributed by atoms with Gasteiger partial charge < -0.3 is 14.8 Å². The van der Waals surface area contributed by atoms with Crippen molar-refractivity contribution in [2.45, 2.75) is 33.2 Å². The minimum Gasteiger partial charge on any atom is -0.377 e. The molecule has 1 fully saturated rings. The van der Waals surface area contributed by atoms with Gasteiger partial charge in [-0.25, -0.2) is 0 Å². The number of nitrogens with one attached hydrogen (secondary N) is 1. The van der Waals surface area contributed by atoms with Crippen LogP contribution in [-0.4, -0.2) is 38.4 Å². The molecule has 1 aliphatic heterocycles. The molecule has 0 bridgehead atoms. The Morgan fingerprint density at radius 3 is 2.32 bits per heavy atom. The first-order valence-electron chi connectivity index (χ1n) is 7.53. The van der Waals surface area contributed by atoms with Crippen LogP contribution in [0.2, 0.25) is 0 Å². The van der Waals surface area contributed by atoms with Crippen molar-refractivity contribution in [3.05, 3.63) is 34.3 Å². The van der Waals surface area contributed by atoms with Gasteiger partial charge in [-0.3, -0.25) is 4.79 Å². The Morgan fingerprint density at radius 1 is 1.36 bits per heavy atom. The molecule has 2 unspecified atom stereocenters. The zero-order valence-corrected chi connectivity index (χ0v) is 15.4. The van der Waals surface area contributed by atoms with Crippen LogP contribution in [0, 0.1) is 5.92 Å². The third kappa shape index (κ3) is 8.41. The van der Waals surface area contributed by atoms with Gasteiger partial charge in [-0.05, 0) is 31.0 Å². The van der Waals surface area contributed by atoms with Crippen LogP contribution in [0.1, 0.15) is 37.6 Å². The second kappa shape index (κ2) is 12.5. The van der Waals surface area contributed by atoms with Gasteiger partial charge in [0, 0.05) is 17.1 Å². The molecule has 5 heteroatoms. The smallest absolute Gasteiger partial charge is 0.188 e. The number of Topliss-reactive ketones (excluding diaryl/α,β-unsaturated/α-hetero) is 1. The third-order valence-corrected chi connectivity index (χ3v) is 3.52. The SMILES string of the molecule is CC.CC1CNC(C=O)C1.COCC(=O)c1ccc(Br)cc1. The average Bonchev–Trinajstić information content (AvgIpc) is 2.96. The van der Waals surface area contributed by atoms with Crippen LogP contribution < -0.4 is 5.32 Å². The number of carbonyl (C=O) groups excluding carboxylic acids is 2. The topological polar surface area (TPSA) is 55.4 Å². The van der Waals surface area contributed by atoms with Crippen LogP contribution in [0.15, 0.2) is 28.7 Å². The highest BCUT2D eigenvalue weighted by Crippen LogP contribution is 2.11. The molecule has 1 saturated heterocycles. The molecule has 22 heavy (non-hydrogen) atoms. The third-order valence-electron chi connectivity index (χ3n) is 2.99. The van der Waals surface area contributed by atoms with E-state index in [0.29, 0.717) is 11.5 Å². The number of aldehydes is 1. The summed E-state index contributed by atoms with van der Waals surface area (Å²) in [6.07, 6.45) is 2.01. The summed E-state index contributed by atoms with van der Waals surface area (Å²) < 4.78 is 5.70. The summed E-state index contributed by atoms with van der Waals surface area (Å²) >= 11 is 3.29. The van der Waals surface area contributed by atoms with E-state index in [2.05, 4.69) is 28.2 Å². The van der Waals surface area contributed by atoms with Crippen molar-refractivity contribution in [3.8, 4) is 0 Å². The Morgan fingerprint density at radius 2 is 1.95 bits per heavy atom. The lowest BCUT2D eigenvalue weighted by atomic mass is 10.1. The standard InChI is InChI=1S/C9H9BrO2.C6H11NO.C2H6/c1-12-6-9(11)7-2-4-8(10)5-3-7;1-5-2-6(4-8)7-3-5;1-2/h2-5H,6H2,1H3;4-7H,2-3H2,1H3;1-2H3. The van der Waals surface area contributed by atoms with Crippen LogP contribution in [-0.2, 0) is 9.53 Å². The van der Waals surface area contributed by atoms with E-state index in [-0.39, 0.29) is 18.4 Å². The van der Waals surface area contributed by atoms with Gasteiger partial charge in [-0.15, -0.1) is 0 Å². The summed E-state index contributed by atoms with van der Waals surface area (Å²) in [4.78, 5) is 21.3. The molecule has 1 aromatic rings. The fourth-order valence-corrected chi connectivity index (χ4v) is 2.17. The minimum absolute atomic E-state index is 0.00463. The van der Waals surface area contributed by atoms with E-state index in [1.807, 2.05) is 26.0 Å². The first kappa shape index (κ1) is 21.0. The molecule has 1 aromatic carbocycles. The zero-order valence-electron chi connectivity index (χ0n) is 13.8. The summed E-state index contributed by atoms with van der Waals surface area (Å²) in [6.45, 7) is 7.29. The largest absolute Gasteiger partial charge is 0.377 e. The lowest BCUT2D eigenvalue weighted by molar-refractivity contribution is -0.109. The maximum Gasteiger partial charge on any atom is 0.188 e. The summed E-state index contributed by atoms with van der Waals surface area (Å²) in [7, 11) is 1.51. The quantitative estimate of drug-likeness (QED) is 0.649. The van der Waals surface area contributed by atoms with E-state index in [4.69, 9.17) is 4.74 Å². The molecule has 1 heterocycles. The molecule has 0 saturated carbocycles. The Kier molecular flexibility index (Phi) is 11.9. The lowest BCUT2D eigenvalue weighted by Gasteiger charge is -1.98. The molecule has 124 valence electrons. The number of benzene rings is 1. The molecule has 2 atom stereocenters. The maximum atomic E-state index is 11.2. The van der Waals surface area contributed by atoms with Crippen molar-refractivity contribution in [3.63, 3.8) is 0 Å². The highest BCUT2D eigenvalue weighted by atomic mass is 79.9. The summed E-state index contributed by atoms with van der Waals surface area (Å²) in [5.74, 6) is 0.690. The number of hydrogen-bond donors (Lipinski definition) is 1. The van der Waals surface area contributed by atoms with Gasteiger partial charge >= 0.3 is 0 Å². The molecule has 0 amide bonds. The number of ether oxygens (including phenoxy) is 1. The first-order chi connectivity index (χ1) is 10.6. The van der Waals surface area contributed by atoms with E-state index in [1.165, 1.54) is 7.11 Å². The molecule has 0 aromatic heterocycles. The van der Waals surface area contributed by atoms with E-state index in [1.54, 1.807) is 12.1 Å². The van der Waals surface area contributed by atoms with E-state index < -0.39 is 0 Å². The number of ketones is 1. The highest BCUT2D eigenvalue weighted by molar-refractivity contribution is 9.10. The predicted octanol–water partition coefficient (Wildman–Crippen LogP) is 3.49.